The molecule has 0 saturated heterocycles. The molecule has 2 nitrogen and oxygen atoms in total. The maximum absolute atomic E-state index is 4.15. The number of rotatable bonds is 3. The monoisotopic (exact) mass is 202 g/mol. The second kappa shape index (κ2) is 5.44. The Morgan fingerprint density at radius 3 is 2.13 bits per heavy atom. The molecule has 0 aromatic heterocycles. The normalized spacial score (nSPS) is 11.3. The summed E-state index contributed by atoms with van der Waals surface area (Å²) in [5.74, 6) is 0. The fourth-order valence-corrected chi connectivity index (χ4v) is 1.22. The quantitative estimate of drug-likeness (QED) is 0.530. The zero-order chi connectivity index (χ0) is 11.3. The molecule has 1 aromatic carbocycles. The number of nitrogens with zero attached hydrogens (tertiary/aromatic N) is 2. The van der Waals surface area contributed by atoms with E-state index in [1.807, 2.05) is 20.8 Å². The first-order valence-corrected chi connectivity index (χ1v) is 5.18. The zero-order valence-electron chi connectivity index (χ0n) is 9.91. The van der Waals surface area contributed by atoms with Crippen molar-refractivity contribution in [3.05, 3.63) is 35.4 Å². The third-order valence-corrected chi connectivity index (χ3v) is 2.00. The zero-order valence-corrected chi connectivity index (χ0v) is 9.91. The summed E-state index contributed by atoms with van der Waals surface area (Å²) >= 11 is 0. The van der Waals surface area contributed by atoms with Crippen molar-refractivity contribution in [2.75, 3.05) is 0 Å². The maximum Gasteiger partial charge on any atom is 0.0418 e. The lowest BCUT2D eigenvalue weighted by Gasteiger charge is -2.00. The second-order valence-electron chi connectivity index (χ2n) is 4.04. The van der Waals surface area contributed by atoms with Gasteiger partial charge in [-0.25, -0.2) is 0 Å². The molecular formula is C13H18N2. The first kappa shape index (κ1) is 11.6. The van der Waals surface area contributed by atoms with Gasteiger partial charge in [0.05, 0.1) is 0 Å². The smallest absolute Gasteiger partial charge is 0.0418 e. The third-order valence-electron chi connectivity index (χ3n) is 2.00. The van der Waals surface area contributed by atoms with Crippen molar-refractivity contribution in [1.82, 2.24) is 0 Å². The summed E-state index contributed by atoms with van der Waals surface area (Å²) in [4.78, 5) is 0. The molecule has 0 saturated carbocycles. The number of hydrogen-bond donors (Lipinski definition) is 0. The van der Waals surface area contributed by atoms with E-state index in [2.05, 4.69) is 41.4 Å². The lowest BCUT2D eigenvalue weighted by molar-refractivity contribution is 1.17. The number of benzene rings is 1. The third kappa shape index (κ3) is 4.54. The Hall–Kier alpha value is -1.44. The summed E-state index contributed by atoms with van der Waals surface area (Å²) in [6.07, 6.45) is 0.872. The minimum absolute atomic E-state index is 0.872. The molecule has 0 fully saturated rings. The van der Waals surface area contributed by atoms with E-state index in [0.29, 0.717) is 0 Å². The lowest BCUT2D eigenvalue weighted by Crippen LogP contribution is -1.97. The van der Waals surface area contributed by atoms with Gasteiger partial charge in [0.15, 0.2) is 0 Å². The molecule has 0 radical (unpaired) electrons. The number of hydrogen-bond acceptors (Lipinski definition) is 2. The van der Waals surface area contributed by atoms with E-state index in [4.69, 9.17) is 0 Å². The highest BCUT2D eigenvalue weighted by atomic mass is 15.2. The van der Waals surface area contributed by atoms with E-state index in [0.717, 1.165) is 17.8 Å². The molecule has 15 heavy (non-hydrogen) atoms. The molecule has 0 spiro atoms. The van der Waals surface area contributed by atoms with Crippen LogP contribution in [0.1, 0.15) is 31.9 Å². The largest absolute Gasteiger partial charge is 0.161 e. The molecule has 0 N–H and O–H groups in total. The van der Waals surface area contributed by atoms with Gasteiger partial charge in [-0.1, -0.05) is 29.8 Å². The first-order valence-electron chi connectivity index (χ1n) is 5.18. The first-order chi connectivity index (χ1) is 7.08. The highest BCUT2D eigenvalue weighted by molar-refractivity contribution is 5.85. The van der Waals surface area contributed by atoms with Gasteiger partial charge in [0, 0.05) is 17.8 Å². The molecule has 1 rings (SSSR count). The lowest BCUT2D eigenvalue weighted by atomic mass is 10.1. The Labute approximate surface area is 91.7 Å². The summed E-state index contributed by atoms with van der Waals surface area (Å²) in [5.41, 5.74) is 4.60. The SMILES string of the molecule is CC(C)=N/N=C(\C)Cc1ccc(C)cc1. The summed E-state index contributed by atoms with van der Waals surface area (Å²) in [7, 11) is 0. The molecule has 0 bridgehead atoms. The summed E-state index contributed by atoms with van der Waals surface area (Å²) < 4.78 is 0. The Morgan fingerprint density at radius 2 is 1.60 bits per heavy atom. The van der Waals surface area contributed by atoms with Crippen LogP contribution in [0.3, 0.4) is 0 Å². The predicted molar refractivity (Wildman–Crippen MR) is 66.8 cm³/mol. The molecule has 0 atom stereocenters. The van der Waals surface area contributed by atoms with E-state index in [1.165, 1.54) is 11.1 Å². The number of aryl methyl sites for hydroxylation is 1. The average molecular weight is 202 g/mol. The van der Waals surface area contributed by atoms with Crippen LogP contribution < -0.4 is 0 Å². The van der Waals surface area contributed by atoms with Crippen LogP contribution in [0, 0.1) is 6.92 Å². The predicted octanol–water partition coefficient (Wildman–Crippen LogP) is 3.39. The molecule has 0 unspecified atom stereocenters. The molecule has 0 heterocycles. The van der Waals surface area contributed by atoms with Crippen molar-refractivity contribution in [2.45, 2.75) is 34.1 Å². The molecule has 0 aliphatic rings. The van der Waals surface area contributed by atoms with E-state index in [1.54, 1.807) is 0 Å². The van der Waals surface area contributed by atoms with Gasteiger partial charge in [0.25, 0.3) is 0 Å². The van der Waals surface area contributed by atoms with Gasteiger partial charge >= 0.3 is 0 Å². The van der Waals surface area contributed by atoms with Crippen molar-refractivity contribution in [3.63, 3.8) is 0 Å². The summed E-state index contributed by atoms with van der Waals surface area (Å²) in [6, 6.07) is 8.52. The van der Waals surface area contributed by atoms with E-state index in [9.17, 15) is 0 Å². The van der Waals surface area contributed by atoms with Gasteiger partial charge < -0.3 is 0 Å². The van der Waals surface area contributed by atoms with Gasteiger partial charge in [-0.15, -0.1) is 0 Å². The van der Waals surface area contributed by atoms with Crippen LogP contribution in [0.4, 0.5) is 0 Å². The summed E-state index contributed by atoms with van der Waals surface area (Å²) in [5, 5.41) is 8.19. The van der Waals surface area contributed by atoms with Crippen LogP contribution >= 0.6 is 0 Å². The van der Waals surface area contributed by atoms with Crippen LogP contribution in [0.15, 0.2) is 34.5 Å². The molecule has 0 aliphatic carbocycles. The van der Waals surface area contributed by atoms with Crippen molar-refractivity contribution in [1.29, 1.82) is 0 Å². The summed E-state index contributed by atoms with van der Waals surface area (Å²) in [6.45, 7) is 7.99. The Kier molecular flexibility index (Phi) is 4.22. The minimum atomic E-state index is 0.872. The van der Waals surface area contributed by atoms with Crippen LogP contribution in [0.5, 0.6) is 0 Å². The van der Waals surface area contributed by atoms with Crippen LogP contribution in [-0.4, -0.2) is 11.4 Å². The molecule has 1 aromatic rings. The van der Waals surface area contributed by atoms with Crippen LogP contribution in [-0.2, 0) is 6.42 Å². The highest BCUT2D eigenvalue weighted by Gasteiger charge is 1.95. The topological polar surface area (TPSA) is 24.7 Å². The van der Waals surface area contributed by atoms with Gasteiger partial charge in [-0.2, -0.15) is 10.2 Å². The average Bonchev–Trinajstić information content (AvgIpc) is 2.19. The Bertz CT molecular complexity index is 368. The van der Waals surface area contributed by atoms with Crippen LogP contribution in [0.25, 0.3) is 0 Å². The Morgan fingerprint density at radius 1 is 1.00 bits per heavy atom. The van der Waals surface area contributed by atoms with E-state index < -0.39 is 0 Å². The Balaban J connectivity index is 2.66. The fourth-order valence-electron chi connectivity index (χ4n) is 1.22. The van der Waals surface area contributed by atoms with Gasteiger partial charge in [0.2, 0.25) is 0 Å². The van der Waals surface area contributed by atoms with Crippen LogP contribution in [0.2, 0.25) is 0 Å². The van der Waals surface area contributed by atoms with Gasteiger partial charge in [-0.05, 0) is 33.3 Å². The standard InChI is InChI=1S/C13H18N2/c1-10(2)14-15-12(4)9-13-7-5-11(3)6-8-13/h5-8H,9H2,1-4H3/b15-12+. The second-order valence-corrected chi connectivity index (χ2v) is 4.04. The van der Waals surface area contributed by atoms with Gasteiger partial charge in [-0.3, -0.25) is 0 Å². The molecule has 0 aliphatic heterocycles. The molecule has 2 heteroatoms. The molecule has 80 valence electrons. The van der Waals surface area contributed by atoms with E-state index in [-0.39, 0.29) is 0 Å². The minimum Gasteiger partial charge on any atom is -0.161 e. The van der Waals surface area contributed by atoms with Crippen molar-refractivity contribution in [2.24, 2.45) is 10.2 Å². The molecular weight excluding hydrogens is 184 g/mol. The fraction of sp³-hybridized carbons (Fsp3) is 0.385. The highest BCUT2D eigenvalue weighted by Crippen LogP contribution is 2.04. The van der Waals surface area contributed by atoms with Crippen molar-refractivity contribution < 1.29 is 0 Å². The van der Waals surface area contributed by atoms with Crippen molar-refractivity contribution >= 4 is 11.4 Å². The maximum atomic E-state index is 4.15. The molecule has 0 amide bonds. The van der Waals surface area contributed by atoms with E-state index >= 15 is 0 Å². The van der Waals surface area contributed by atoms with Gasteiger partial charge in [0.1, 0.15) is 0 Å². The van der Waals surface area contributed by atoms with Crippen molar-refractivity contribution in [3.8, 4) is 0 Å².